The molecule has 0 bridgehead atoms. The zero-order valence-corrected chi connectivity index (χ0v) is 14.7. The number of rotatable bonds is 7. The molecular weight excluding hydrogens is 356 g/mol. The minimum absolute atomic E-state index is 0.0156. The Morgan fingerprint density at radius 1 is 1.11 bits per heavy atom. The second-order valence-electron chi connectivity index (χ2n) is 5.93. The molecular formula is C18H18N2O7. The molecule has 0 aliphatic rings. The van der Waals surface area contributed by atoms with Crippen molar-refractivity contribution in [1.82, 2.24) is 5.32 Å². The lowest BCUT2D eigenvalue weighted by molar-refractivity contribution is -0.384. The number of nitrogens with one attached hydrogen (secondary N) is 1. The number of amides is 1. The van der Waals surface area contributed by atoms with E-state index in [0.717, 1.165) is 0 Å². The first-order valence-electron chi connectivity index (χ1n) is 7.84. The Hall–Kier alpha value is -3.62. The van der Waals surface area contributed by atoms with E-state index in [2.05, 4.69) is 5.32 Å². The Labute approximate surface area is 154 Å². The summed E-state index contributed by atoms with van der Waals surface area (Å²) in [6, 6.07) is 11.6. The summed E-state index contributed by atoms with van der Waals surface area (Å²) in [6.45, 7) is 1.36. The smallest absolute Gasteiger partial charge is 0.413 e. The Bertz CT molecular complexity index is 834. The number of carboxylic acids is 1. The van der Waals surface area contributed by atoms with E-state index in [4.69, 9.17) is 9.47 Å². The third-order valence-corrected chi connectivity index (χ3v) is 3.82. The first-order chi connectivity index (χ1) is 12.7. The van der Waals surface area contributed by atoms with Crippen molar-refractivity contribution in [3.8, 4) is 11.5 Å². The molecule has 0 heterocycles. The molecule has 2 aromatic rings. The predicted octanol–water partition coefficient (Wildman–Crippen LogP) is 2.78. The molecule has 1 amide bonds. The van der Waals surface area contributed by atoms with E-state index >= 15 is 0 Å². The minimum atomic E-state index is -1.62. The van der Waals surface area contributed by atoms with Gasteiger partial charge in [-0.05, 0) is 36.8 Å². The van der Waals surface area contributed by atoms with Gasteiger partial charge >= 0.3 is 12.1 Å². The molecule has 27 heavy (non-hydrogen) atoms. The van der Waals surface area contributed by atoms with E-state index in [-0.39, 0.29) is 17.9 Å². The molecule has 9 heteroatoms. The van der Waals surface area contributed by atoms with Crippen molar-refractivity contribution < 1.29 is 29.1 Å². The number of carbonyl (C=O) groups is 2. The van der Waals surface area contributed by atoms with Crippen molar-refractivity contribution >= 4 is 17.7 Å². The van der Waals surface area contributed by atoms with Gasteiger partial charge in [-0.15, -0.1) is 0 Å². The number of aliphatic carboxylic acids is 1. The molecule has 2 aromatic carbocycles. The molecule has 0 saturated carbocycles. The van der Waals surface area contributed by atoms with Crippen LogP contribution in [0.25, 0.3) is 0 Å². The molecule has 0 aliphatic carbocycles. The SMILES string of the molecule is COc1ccc(CC(C)(NC(=O)Oc2ccc([N+](=O)[O-])cc2)C(=O)O)cc1. The van der Waals surface area contributed by atoms with Gasteiger partial charge in [0.1, 0.15) is 17.0 Å². The summed E-state index contributed by atoms with van der Waals surface area (Å²) >= 11 is 0. The summed E-state index contributed by atoms with van der Waals surface area (Å²) in [7, 11) is 1.52. The maximum absolute atomic E-state index is 12.1. The molecule has 2 rings (SSSR count). The molecule has 0 fully saturated rings. The molecule has 0 aromatic heterocycles. The van der Waals surface area contributed by atoms with E-state index in [0.29, 0.717) is 11.3 Å². The van der Waals surface area contributed by atoms with E-state index < -0.39 is 22.5 Å². The lowest BCUT2D eigenvalue weighted by Crippen LogP contribution is -2.54. The number of non-ortho nitro benzene ring substituents is 1. The van der Waals surface area contributed by atoms with Crippen LogP contribution in [0.2, 0.25) is 0 Å². The van der Waals surface area contributed by atoms with Crippen LogP contribution in [0.5, 0.6) is 11.5 Å². The van der Waals surface area contributed by atoms with Crippen LogP contribution < -0.4 is 14.8 Å². The van der Waals surface area contributed by atoms with E-state index in [1.165, 1.54) is 38.3 Å². The maximum atomic E-state index is 12.1. The van der Waals surface area contributed by atoms with Gasteiger partial charge in [0.15, 0.2) is 0 Å². The summed E-state index contributed by atoms with van der Waals surface area (Å²) in [4.78, 5) is 33.8. The summed E-state index contributed by atoms with van der Waals surface area (Å²) in [5.41, 5.74) is -1.10. The number of nitro benzene ring substituents is 1. The fraction of sp³-hybridized carbons (Fsp3) is 0.222. The predicted molar refractivity (Wildman–Crippen MR) is 95.0 cm³/mol. The normalized spacial score (nSPS) is 12.5. The number of ether oxygens (including phenoxy) is 2. The Morgan fingerprint density at radius 2 is 1.67 bits per heavy atom. The van der Waals surface area contributed by atoms with Crippen LogP contribution in [-0.2, 0) is 11.2 Å². The van der Waals surface area contributed by atoms with Crippen molar-refractivity contribution in [2.75, 3.05) is 7.11 Å². The van der Waals surface area contributed by atoms with Gasteiger partial charge in [-0.1, -0.05) is 12.1 Å². The quantitative estimate of drug-likeness (QED) is 0.563. The zero-order chi connectivity index (χ0) is 20.0. The van der Waals surface area contributed by atoms with E-state index in [9.17, 15) is 24.8 Å². The van der Waals surface area contributed by atoms with Gasteiger partial charge in [0.05, 0.1) is 12.0 Å². The number of nitrogens with zero attached hydrogens (tertiary/aromatic N) is 1. The molecule has 0 spiro atoms. The second kappa shape index (κ2) is 8.17. The first-order valence-corrected chi connectivity index (χ1v) is 7.84. The van der Waals surface area contributed by atoms with E-state index in [1.54, 1.807) is 24.3 Å². The Balaban J connectivity index is 2.07. The minimum Gasteiger partial charge on any atom is -0.497 e. The summed E-state index contributed by atoms with van der Waals surface area (Å²) < 4.78 is 10.1. The highest BCUT2D eigenvalue weighted by molar-refractivity contribution is 5.85. The molecule has 1 unspecified atom stereocenters. The molecule has 0 aliphatic heterocycles. The highest BCUT2D eigenvalue weighted by Crippen LogP contribution is 2.20. The molecule has 0 radical (unpaired) electrons. The zero-order valence-electron chi connectivity index (χ0n) is 14.7. The average molecular weight is 374 g/mol. The van der Waals surface area contributed by atoms with Crippen molar-refractivity contribution in [2.45, 2.75) is 18.9 Å². The number of hydrogen-bond acceptors (Lipinski definition) is 6. The summed E-state index contributed by atoms with van der Waals surface area (Å²) in [5.74, 6) is -0.560. The van der Waals surface area contributed by atoms with Crippen LogP contribution in [0, 0.1) is 10.1 Å². The van der Waals surface area contributed by atoms with Crippen molar-refractivity contribution in [1.29, 1.82) is 0 Å². The fourth-order valence-electron chi connectivity index (χ4n) is 2.32. The third kappa shape index (κ3) is 5.18. The Morgan fingerprint density at radius 3 is 2.15 bits per heavy atom. The van der Waals surface area contributed by atoms with Crippen LogP contribution >= 0.6 is 0 Å². The van der Waals surface area contributed by atoms with E-state index in [1.807, 2.05) is 0 Å². The van der Waals surface area contributed by atoms with Crippen molar-refractivity contribution in [3.63, 3.8) is 0 Å². The number of carbonyl (C=O) groups excluding carboxylic acids is 1. The van der Waals surface area contributed by atoms with Gasteiger partial charge in [0.2, 0.25) is 0 Å². The van der Waals surface area contributed by atoms with Crippen LogP contribution in [0.15, 0.2) is 48.5 Å². The van der Waals surface area contributed by atoms with Crippen LogP contribution in [0.4, 0.5) is 10.5 Å². The van der Waals surface area contributed by atoms with Crippen molar-refractivity contribution in [2.24, 2.45) is 0 Å². The molecule has 142 valence electrons. The highest BCUT2D eigenvalue weighted by Gasteiger charge is 2.36. The van der Waals surface area contributed by atoms with Crippen LogP contribution in [0.3, 0.4) is 0 Å². The van der Waals surface area contributed by atoms with Gasteiger partial charge in [-0.3, -0.25) is 10.1 Å². The monoisotopic (exact) mass is 374 g/mol. The van der Waals surface area contributed by atoms with Gasteiger partial charge < -0.3 is 19.9 Å². The van der Waals surface area contributed by atoms with Gasteiger partial charge in [-0.25, -0.2) is 9.59 Å². The number of hydrogen-bond donors (Lipinski definition) is 2. The first kappa shape index (κ1) is 19.7. The van der Waals surface area contributed by atoms with Crippen LogP contribution in [-0.4, -0.2) is 34.7 Å². The molecule has 0 saturated heterocycles. The number of benzene rings is 2. The molecule has 1 atom stereocenters. The summed E-state index contributed by atoms with van der Waals surface area (Å²) in [5, 5.41) is 22.5. The number of methoxy groups -OCH3 is 1. The molecule has 9 nitrogen and oxygen atoms in total. The molecule has 2 N–H and O–H groups in total. The standard InChI is InChI=1S/C18H18N2O7/c1-18(16(21)22,11-12-3-7-14(26-2)8-4-12)19-17(23)27-15-9-5-13(6-10-15)20(24)25/h3-10H,11H2,1-2H3,(H,19,23)(H,21,22). The fourth-order valence-corrected chi connectivity index (χ4v) is 2.32. The highest BCUT2D eigenvalue weighted by atomic mass is 16.6. The third-order valence-electron chi connectivity index (χ3n) is 3.82. The number of nitro groups is 1. The lowest BCUT2D eigenvalue weighted by atomic mass is 9.93. The maximum Gasteiger partial charge on any atom is 0.413 e. The van der Waals surface area contributed by atoms with Crippen molar-refractivity contribution in [3.05, 3.63) is 64.2 Å². The van der Waals surface area contributed by atoms with Gasteiger partial charge in [0.25, 0.3) is 5.69 Å². The average Bonchev–Trinajstić information content (AvgIpc) is 2.62. The largest absolute Gasteiger partial charge is 0.497 e. The second-order valence-corrected chi connectivity index (χ2v) is 5.93. The Kier molecular flexibility index (Phi) is 5.96. The topological polar surface area (TPSA) is 128 Å². The lowest BCUT2D eigenvalue weighted by Gasteiger charge is -2.26. The van der Waals surface area contributed by atoms with Gasteiger partial charge in [-0.2, -0.15) is 0 Å². The summed E-state index contributed by atoms with van der Waals surface area (Å²) in [6.07, 6.45) is -0.968. The number of carboxylic acid groups (broad SMARTS) is 1. The van der Waals surface area contributed by atoms with Gasteiger partial charge in [0, 0.05) is 18.6 Å². The van der Waals surface area contributed by atoms with Crippen LogP contribution in [0.1, 0.15) is 12.5 Å².